The monoisotopic (exact) mass is 283 g/mol. The summed E-state index contributed by atoms with van der Waals surface area (Å²) in [5.74, 6) is -0.367. The number of nitrogens with zero attached hydrogens (tertiary/aromatic N) is 4. The van der Waals surface area contributed by atoms with E-state index in [1.54, 1.807) is 28.9 Å². The van der Waals surface area contributed by atoms with Crippen LogP contribution in [0, 0.1) is 0 Å². The first-order chi connectivity index (χ1) is 9.13. The second kappa shape index (κ2) is 5.85. The SMILES string of the molecule is CCn1cc(Cl)c(C(=O)Nc2cnn(COC)c2)n1. The Morgan fingerprint density at radius 1 is 1.47 bits per heavy atom. The number of nitrogens with one attached hydrogen (secondary N) is 1. The van der Waals surface area contributed by atoms with Gasteiger partial charge < -0.3 is 10.1 Å². The number of amides is 1. The number of anilines is 1. The maximum Gasteiger partial charge on any atom is 0.277 e. The van der Waals surface area contributed by atoms with Gasteiger partial charge >= 0.3 is 0 Å². The van der Waals surface area contributed by atoms with Crippen LogP contribution in [0.4, 0.5) is 5.69 Å². The zero-order valence-electron chi connectivity index (χ0n) is 10.6. The van der Waals surface area contributed by atoms with Crippen LogP contribution in [0.5, 0.6) is 0 Å². The van der Waals surface area contributed by atoms with Gasteiger partial charge in [0, 0.05) is 19.9 Å². The van der Waals surface area contributed by atoms with Crippen molar-refractivity contribution < 1.29 is 9.53 Å². The molecule has 0 aromatic carbocycles. The van der Waals surface area contributed by atoms with Crippen molar-refractivity contribution in [2.24, 2.45) is 0 Å². The van der Waals surface area contributed by atoms with Crippen molar-refractivity contribution in [2.45, 2.75) is 20.2 Å². The molecule has 102 valence electrons. The van der Waals surface area contributed by atoms with Crippen LogP contribution in [0.3, 0.4) is 0 Å². The zero-order chi connectivity index (χ0) is 13.8. The first kappa shape index (κ1) is 13.6. The fraction of sp³-hybridized carbons (Fsp3) is 0.364. The lowest BCUT2D eigenvalue weighted by Gasteiger charge is -2.00. The Hall–Kier alpha value is -1.86. The molecule has 2 aromatic heterocycles. The van der Waals surface area contributed by atoms with E-state index in [1.807, 2.05) is 6.92 Å². The van der Waals surface area contributed by atoms with Gasteiger partial charge in [-0.25, -0.2) is 4.68 Å². The maximum atomic E-state index is 12.0. The van der Waals surface area contributed by atoms with Gasteiger partial charge in [-0.1, -0.05) is 11.6 Å². The number of aromatic nitrogens is 4. The van der Waals surface area contributed by atoms with Crippen LogP contribution in [0.1, 0.15) is 17.4 Å². The molecule has 0 aliphatic heterocycles. The molecule has 0 atom stereocenters. The lowest BCUT2D eigenvalue weighted by molar-refractivity contribution is 0.102. The van der Waals surface area contributed by atoms with Crippen molar-refractivity contribution in [2.75, 3.05) is 12.4 Å². The molecule has 2 rings (SSSR count). The third-order valence-electron chi connectivity index (χ3n) is 2.41. The average Bonchev–Trinajstić information content (AvgIpc) is 2.96. The van der Waals surface area contributed by atoms with Gasteiger partial charge in [0.05, 0.1) is 23.1 Å². The summed E-state index contributed by atoms with van der Waals surface area (Å²) in [7, 11) is 1.57. The summed E-state index contributed by atoms with van der Waals surface area (Å²) in [5.41, 5.74) is 0.757. The van der Waals surface area contributed by atoms with Gasteiger partial charge in [0.25, 0.3) is 5.91 Å². The summed E-state index contributed by atoms with van der Waals surface area (Å²) in [6, 6.07) is 0. The largest absolute Gasteiger partial charge is 0.362 e. The molecule has 1 amide bonds. The summed E-state index contributed by atoms with van der Waals surface area (Å²) in [5, 5.41) is 11.1. The molecule has 0 saturated heterocycles. The number of aryl methyl sites for hydroxylation is 1. The van der Waals surface area contributed by atoms with Crippen LogP contribution in [-0.4, -0.2) is 32.6 Å². The van der Waals surface area contributed by atoms with Gasteiger partial charge in [-0.05, 0) is 6.92 Å². The van der Waals surface area contributed by atoms with E-state index in [4.69, 9.17) is 16.3 Å². The highest BCUT2D eigenvalue weighted by Crippen LogP contribution is 2.16. The highest BCUT2D eigenvalue weighted by atomic mass is 35.5. The van der Waals surface area contributed by atoms with Crippen LogP contribution in [-0.2, 0) is 18.0 Å². The van der Waals surface area contributed by atoms with Gasteiger partial charge in [0.15, 0.2) is 5.69 Å². The molecule has 0 radical (unpaired) electrons. The van der Waals surface area contributed by atoms with Crippen molar-refractivity contribution in [3.63, 3.8) is 0 Å². The number of halogens is 1. The first-order valence-corrected chi connectivity index (χ1v) is 6.07. The molecule has 0 spiro atoms. The summed E-state index contributed by atoms with van der Waals surface area (Å²) in [6.45, 7) is 2.89. The number of ether oxygens (including phenoxy) is 1. The van der Waals surface area contributed by atoms with Gasteiger partial charge in [0.2, 0.25) is 0 Å². The normalized spacial score (nSPS) is 10.7. The molecule has 1 N–H and O–H groups in total. The van der Waals surface area contributed by atoms with E-state index >= 15 is 0 Å². The lowest BCUT2D eigenvalue weighted by Crippen LogP contribution is -2.13. The van der Waals surface area contributed by atoms with E-state index in [-0.39, 0.29) is 11.6 Å². The Kier molecular flexibility index (Phi) is 4.18. The molecule has 0 bridgehead atoms. The number of hydrogen-bond donors (Lipinski definition) is 1. The molecular formula is C11H14ClN5O2. The molecule has 2 heterocycles. The number of carbonyl (C=O) groups excluding carboxylic acids is 1. The topological polar surface area (TPSA) is 74.0 Å². The second-order valence-corrected chi connectivity index (χ2v) is 4.23. The maximum absolute atomic E-state index is 12.0. The van der Waals surface area contributed by atoms with Crippen LogP contribution in [0.15, 0.2) is 18.6 Å². The minimum Gasteiger partial charge on any atom is -0.362 e. The predicted octanol–water partition coefficient (Wildman–Crippen LogP) is 1.61. The predicted molar refractivity (Wildman–Crippen MR) is 70.1 cm³/mol. The van der Waals surface area contributed by atoms with Crippen LogP contribution in [0.25, 0.3) is 0 Å². The van der Waals surface area contributed by atoms with Gasteiger partial charge in [-0.2, -0.15) is 10.2 Å². The molecule has 0 saturated carbocycles. The average molecular weight is 284 g/mol. The van der Waals surface area contributed by atoms with E-state index in [0.29, 0.717) is 24.0 Å². The van der Waals surface area contributed by atoms with E-state index in [2.05, 4.69) is 15.5 Å². The third kappa shape index (κ3) is 3.12. The van der Waals surface area contributed by atoms with Crippen molar-refractivity contribution in [3.8, 4) is 0 Å². The van der Waals surface area contributed by atoms with Gasteiger partial charge in [0.1, 0.15) is 6.73 Å². The Morgan fingerprint density at radius 2 is 2.26 bits per heavy atom. The summed E-state index contributed by atoms with van der Waals surface area (Å²) in [6.07, 6.45) is 4.80. The summed E-state index contributed by atoms with van der Waals surface area (Å²) >= 11 is 5.95. The second-order valence-electron chi connectivity index (χ2n) is 3.82. The van der Waals surface area contributed by atoms with Crippen LogP contribution < -0.4 is 5.32 Å². The molecule has 0 fully saturated rings. The minimum atomic E-state index is -0.367. The zero-order valence-corrected chi connectivity index (χ0v) is 11.4. The van der Waals surface area contributed by atoms with E-state index in [9.17, 15) is 4.79 Å². The van der Waals surface area contributed by atoms with Crippen molar-refractivity contribution in [1.82, 2.24) is 19.6 Å². The summed E-state index contributed by atoms with van der Waals surface area (Å²) < 4.78 is 8.08. The number of methoxy groups -OCH3 is 1. The van der Waals surface area contributed by atoms with E-state index in [1.165, 1.54) is 6.20 Å². The Morgan fingerprint density at radius 3 is 2.89 bits per heavy atom. The molecule has 0 aliphatic carbocycles. The minimum absolute atomic E-state index is 0.197. The van der Waals surface area contributed by atoms with Gasteiger partial charge in [-0.3, -0.25) is 9.48 Å². The van der Waals surface area contributed by atoms with Gasteiger partial charge in [-0.15, -0.1) is 0 Å². The van der Waals surface area contributed by atoms with Crippen LogP contribution in [0.2, 0.25) is 5.02 Å². The quantitative estimate of drug-likeness (QED) is 0.905. The Labute approximate surface area is 115 Å². The molecule has 7 nitrogen and oxygen atoms in total. The fourth-order valence-corrected chi connectivity index (χ4v) is 1.77. The number of rotatable bonds is 5. The molecule has 0 unspecified atom stereocenters. The summed E-state index contributed by atoms with van der Waals surface area (Å²) in [4.78, 5) is 12.0. The fourth-order valence-electron chi connectivity index (χ4n) is 1.53. The molecule has 2 aromatic rings. The van der Waals surface area contributed by atoms with E-state index < -0.39 is 0 Å². The molecule has 19 heavy (non-hydrogen) atoms. The third-order valence-corrected chi connectivity index (χ3v) is 2.69. The smallest absolute Gasteiger partial charge is 0.277 e. The van der Waals surface area contributed by atoms with Crippen molar-refractivity contribution >= 4 is 23.2 Å². The Bertz CT molecular complexity index is 577. The van der Waals surface area contributed by atoms with Crippen molar-refractivity contribution in [1.29, 1.82) is 0 Å². The highest BCUT2D eigenvalue weighted by Gasteiger charge is 2.16. The lowest BCUT2D eigenvalue weighted by atomic mass is 10.4. The number of carbonyl (C=O) groups is 1. The highest BCUT2D eigenvalue weighted by molar-refractivity contribution is 6.34. The molecular weight excluding hydrogens is 270 g/mol. The molecule has 0 aliphatic rings. The first-order valence-electron chi connectivity index (χ1n) is 5.69. The van der Waals surface area contributed by atoms with Crippen LogP contribution >= 0.6 is 11.6 Å². The van der Waals surface area contributed by atoms with Crippen molar-refractivity contribution in [3.05, 3.63) is 29.3 Å². The number of hydrogen-bond acceptors (Lipinski definition) is 4. The standard InChI is InChI=1S/C11H14ClN5O2/c1-3-16-6-9(12)10(15-16)11(18)14-8-4-13-17(5-8)7-19-2/h4-6H,3,7H2,1-2H3,(H,14,18). The molecule has 8 heteroatoms. The Balaban J connectivity index is 2.09. The van der Waals surface area contributed by atoms with E-state index in [0.717, 1.165) is 0 Å².